The van der Waals surface area contributed by atoms with E-state index in [1.54, 1.807) is 36.4 Å². The molecule has 1 aliphatic heterocycles. The molecule has 0 bridgehead atoms. The summed E-state index contributed by atoms with van der Waals surface area (Å²) >= 11 is 6.29. The molecule has 3 aromatic carbocycles. The summed E-state index contributed by atoms with van der Waals surface area (Å²) in [5.41, 5.74) is 1.68. The first kappa shape index (κ1) is 28.2. The summed E-state index contributed by atoms with van der Waals surface area (Å²) in [5.74, 6) is -3.24. The van der Waals surface area contributed by atoms with E-state index in [2.05, 4.69) is 0 Å². The molecule has 1 aliphatic carbocycles. The molecule has 0 aromatic heterocycles. The van der Waals surface area contributed by atoms with Crippen molar-refractivity contribution in [2.45, 2.75) is 33.1 Å². The molecule has 210 valence electrons. The number of nitrogens with zero attached hydrogens (tertiary/aromatic N) is 2. The summed E-state index contributed by atoms with van der Waals surface area (Å²) < 4.78 is 5.41. The van der Waals surface area contributed by atoms with Gasteiger partial charge in [0.1, 0.15) is 12.3 Å². The van der Waals surface area contributed by atoms with Crippen molar-refractivity contribution in [2.24, 2.45) is 17.8 Å². The number of amides is 3. The third-order valence-electron chi connectivity index (χ3n) is 7.71. The van der Waals surface area contributed by atoms with Crippen molar-refractivity contribution in [1.82, 2.24) is 10.0 Å². The molecule has 2 fully saturated rings. The standard InChI is InChI=1S/C32H29ClN2O6/c1-19-7-10-22(11-8-19)32(40)41-23-14-12-21(13-15-23)28(36)18-34(29(37)25-5-3-4-6-27(25)33)35-30(38)24-16-9-20(2)17-26(24)31(35)39/h3-8,10-15,20,24,26H,9,16-18H2,1-2H3/t20-,24+,26+/m0/s1. The molecule has 41 heavy (non-hydrogen) atoms. The second-order valence-electron chi connectivity index (χ2n) is 10.7. The van der Waals surface area contributed by atoms with Gasteiger partial charge in [-0.25, -0.2) is 9.80 Å². The molecule has 0 unspecified atom stereocenters. The maximum atomic E-state index is 13.7. The molecule has 1 saturated carbocycles. The molecule has 1 saturated heterocycles. The Morgan fingerprint density at radius 3 is 2.20 bits per heavy atom. The molecule has 2 aliphatic rings. The monoisotopic (exact) mass is 572 g/mol. The number of ether oxygens (including phenoxy) is 1. The Balaban J connectivity index is 1.38. The fraction of sp³-hybridized carbons (Fsp3) is 0.281. The molecule has 8 nitrogen and oxygen atoms in total. The third-order valence-corrected chi connectivity index (χ3v) is 8.04. The second-order valence-corrected chi connectivity index (χ2v) is 11.1. The number of halogens is 1. The number of aryl methyl sites for hydroxylation is 1. The summed E-state index contributed by atoms with van der Waals surface area (Å²) in [6, 6.07) is 19.1. The van der Waals surface area contributed by atoms with Crippen LogP contribution < -0.4 is 4.74 Å². The highest BCUT2D eigenvalue weighted by molar-refractivity contribution is 6.34. The van der Waals surface area contributed by atoms with Crippen LogP contribution in [0.5, 0.6) is 5.75 Å². The largest absolute Gasteiger partial charge is 0.423 e. The minimum absolute atomic E-state index is 0.0733. The fourth-order valence-corrected chi connectivity index (χ4v) is 5.63. The molecule has 3 atom stereocenters. The van der Waals surface area contributed by atoms with E-state index in [-0.39, 0.29) is 27.8 Å². The topological polar surface area (TPSA) is 101 Å². The Labute approximate surface area is 242 Å². The number of hydrogen-bond acceptors (Lipinski definition) is 6. The van der Waals surface area contributed by atoms with Crippen LogP contribution in [0.25, 0.3) is 0 Å². The summed E-state index contributed by atoms with van der Waals surface area (Å²) in [4.78, 5) is 66.5. The van der Waals surface area contributed by atoms with Gasteiger partial charge in [0.2, 0.25) is 0 Å². The van der Waals surface area contributed by atoms with E-state index in [1.807, 2.05) is 13.8 Å². The minimum atomic E-state index is -0.721. The van der Waals surface area contributed by atoms with Crippen LogP contribution in [-0.2, 0) is 9.59 Å². The molecule has 0 N–H and O–H groups in total. The quantitative estimate of drug-likeness (QED) is 0.160. The molecule has 5 rings (SSSR count). The summed E-state index contributed by atoms with van der Waals surface area (Å²) in [5, 5.41) is 1.91. The summed E-state index contributed by atoms with van der Waals surface area (Å²) in [6.45, 7) is 3.39. The molecular weight excluding hydrogens is 544 g/mol. The fourth-order valence-electron chi connectivity index (χ4n) is 5.41. The Hall–Kier alpha value is -4.30. The highest BCUT2D eigenvalue weighted by Crippen LogP contribution is 2.41. The van der Waals surface area contributed by atoms with Gasteiger partial charge in [-0.3, -0.25) is 19.2 Å². The Morgan fingerprint density at radius 2 is 1.51 bits per heavy atom. The van der Waals surface area contributed by atoms with Crippen LogP contribution in [-0.4, -0.2) is 46.0 Å². The third kappa shape index (κ3) is 5.79. The number of benzene rings is 3. The molecule has 0 radical (unpaired) electrons. The Bertz CT molecular complexity index is 1520. The molecule has 3 aromatic rings. The number of esters is 1. The predicted octanol–water partition coefficient (Wildman–Crippen LogP) is 5.53. The van der Waals surface area contributed by atoms with Crippen molar-refractivity contribution >= 4 is 41.1 Å². The number of rotatable bonds is 7. The average molecular weight is 573 g/mol. The van der Waals surface area contributed by atoms with E-state index in [9.17, 15) is 24.0 Å². The van der Waals surface area contributed by atoms with E-state index < -0.39 is 47.9 Å². The van der Waals surface area contributed by atoms with Gasteiger partial charge in [-0.1, -0.05) is 48.4 Å². The lowest BCUT2D eigenvalue weighted by atomic mass is 9.76. The first-order valence-corrected chi connectivity index (χ1v) is 13.9. The number of hydrazine groups is 1. The van der Waals surface area contributed by atoms with Gasteiger partial charge >= 0.3 is 5.97 Å². The van der Waals surface area contributed by atoms with E-state index in [1.165, 1.54) is 36.4 Å². The SMILES string of the molecule is Cc1ccc(C(=O)Oc2ccc(C(=O)CN(C(=O)c3ccccc3Cl)N3C(=O)[C@@H]4CC[C@H](C)C[C@H]4C3=O)cc2)cc1. The average Bonchev–Trinajstić information content (AvgIpc) is 3.20. The van der Waals surface area contributed by atoms with Crippen molar-refractivity contribution in [3.63, 3.8) is 0 Å². The zero-order valence-corrected chi connectivity index (χ0v) is 23.5. The van der Waals surface area contributed by atoms with Gasteiger partial charge in [-0.05, 0) is 80.6 Å². The van der Waals surface area contributed by atoms with Crippen LogP contribution in [0.15, 0.2) is 72.8 Å². The maximum Gasteiger partial charge on any atom is 0.343 e. The summed E-state index contributed by atoms with van der Waals surface area (Å²) in [6.07, 6.45) is 1.92. The number of Topliss-reactive ketones (excluding diaryl/α,β-unsaturated/α-hetero) is 1. The molecule has 9 heteroatoms. The van der Waals surface area contributed by atoms with Crippen molar-refractivity contribution < 1.29 is 28.7 Å². The van der Waals surface area contributed by atoms with E-state index in [0.29, 0.717) is 18.4 Å². The van der Waals surface area contributed by atoms with Crippen LogP contribution in [0.2, 0.25) is 5.02 Å². The molecule has 0 spiro atoms. The lowest BCUT2D eigenvalue weighted by molar-refractivity contribution is -0.154. The minimum Gasteiger partial charge on any atom is -0.423 e. The zero-order valence-electron chi connectivity index (χ0n) is 22.7. The van der Waals surface area contributed by atoms with E-state index >= 15 is 0 Å². The van der Waals surface area contributed by atoms with Crippen LogP contribution >= 0.6 is 11.6 Å². The second kappa shape index (κ2) is 11.7. The number of carbonyl (C=O) groups is 5. The van der Waals surface area contributed by atoms with Gasteiger partial charge in [0.15, 0.2) is 5.78 Å². The van der Waals surface area contributed by atoms with Crippen LogP contribution in [0.1, 0.15) is 62.8 Å². The van der Waals surface area contributed by atoms with Gasteiger partial charge in [-0.15, -0.1) is 0 Å². The number of ketones is 1. The number of fused-ring (bicyclic) bond motifs is 1. The van der Waals surface area contributed by atoms with Crippen molar-refractivity contribution in [3.8, 4) is 5.75 Å². The zero-order chi connectivity index (χ0) is 29.3. The first-order chi connectivity index (χ1) is 19.6. The smallest absolute Gasteiger partial charge is 0.343 e. The molecule has 1 heterocycles. The van der Waals surface area contributed by atoms with Crippen LogP contribution in [0, 0.1) is 24.7 Å². The van der Waals surface area contributed by atoms with Gasteiger partial charge in [0.05, 0.1) is 28.0 Å². The number of carbonyl (C=O) groups excluding carboxylic acids is 5. The Kier molecular flexibility index (Phi) is 8.03. The highest BCUT2D eigenvalue weighted by atomic mass is 35.5. The van der Waals surface area contributed by atoms with Crippen LogP contribution in [0.3, 0.4) is 0 Å². The van der Waals surface area contributed by atoms with Crippen molar-refractivity contribution in [2.75, 3.05) is 6.54 Å². The van der Waals surface area contributed by atoms with Crippen molar-refractivity contribution in [3.05, 3.63) is 100 Å². The number of hydrogen-bond donors (Lipinski definition) is 0. The number of imide groups is 1. The normalized spacial score (nSPS) is 20.0. The highest BCUT2D eigenvalue weighted by Gasteiger charge is 2.53. The molecular formula is C32H29ClN2O6. The lowest BCUT2D eigenvalue weighted by Gasteiger charge is -2.30. The van der Waals surface area contributed by atoms with Gasteiger partial charge in [0.25, 0.3) is 17.7 Å². The van der Waals surface area contributed by atoms with Gasteiger partial charge < -0.3 is 4.74 Å². The Morgan fingerprint density at radius 1 is 0.878 bits per heavy atom. The summed E-state index contributed by atoms with van der Waals surface area (Å²) in [7, 11) is 0. The van der Waals surface area contributed by atoms with Gasteiger partial charge in [0, 0.05) is 5.56 Å². The van der Waals surface area contributed by atoms with Crippen molar-refractivity contribution in [1.29, 1.82) is 0 Å². The predicted molar refractivity (Wildman–Crippen MR) is 151 cm³/mol. The molecule has 3 amide bonds. The van der Waals surface area contributed by atoms with Crippen LogP contribution in [0.4, 0.5) is 0 Å². The lowest BCUT2D eigenvalue weighted by Crippen LogP contribution is -2.52. The van der Waals surface area contributed by atoms with Gasteiger partial charge in [-0.2, -0.15) is 5.01 Å². The van der Waals surface area contributed by atoms with E-state index in [4.69, 9.17) is 16.3 Å². The first-order valence-electron chi connectivity index (χ1n) is 13.5. The van der Waals surface area contributed by atoms with E-state index in [0.717, 1.165) is 22.0 Å². The maximum absolute atomic E-state index is 13.7.